The highest BCUT2D eigenvalue weighted by Gasteiger charge is 2.09. The van der Waals surface area contributed by atoms with Crippen LogP contribution in [0.2, 0.25) is 0 Å². The summed E-state index contributed by atoms with van der Waals surface area (Å²) in [6.45, 7) is 0.599. The topological polar surface area (TPSA) is 93.2 Å². The molecule has 0 unspecified atom stereocenters. The van der Waals surface area contributed by atoms with Gasteiger partial charge in [0.1, 0.15) is 18.1 Å². The first-order chi connectivity index (χ1) is 13.5. The van der Waals surface area contributed by atoms with Crippen LogP contribution in [0.25, 0.3) is 10.8 Å². The molecule has 146 valence electrons. The van der Waals surface area contributed by atoms with E-state index in [1.807, 2.05) is 0 Å². The minimum absolute atomic E-state index is 0.259. The Labute approximate surface area is 159 Å². The van der Waals surface area contributed by atoms with Crippen LogP contribution in [0.15, 0.2) is 58.1 Å². The molecule has 28 heavy (non-hydrogen) atoms. The first-order valence-electron chi connectivity index (χ1n) is 8.91. The third kappa shape index (κ3) is 4.85. The van der Waals surface area contributed by atoms with Crippen molar-refractivity contribution >= 4 is 16.7 Å². The van der Waals surface area contributed by atoms with Crippen molar-refractivity contribution in [3.05, 3.63) is 75.1 Å². The number of rotatable bonds is 8. The third-order valence-electron chi connectivity index (χ3n) is 4.16. The zero-order valence-electron chi connectivity index (χ0n) is 15.1. The number of aromatic amines is 1. The Kier molecular flexibility index (Phi) is 6.21. The van der Waals surface area contributed by atoms with Gasteiger partial charge in [0, 0.05) is 6.54 Å². The van der Waals surface area contributed by atoms with Gasteiger partial charge in [0.15, 0.2) is 0 Å². The molecule has 0 atom stereocenters. The van der Waals surface area contributed by atoms with Gasteiger partial charge in [0.2, 0.25) is 5.91 Å². The maximum absolute atomic E-state index is 12.8. The number of unbranched alkanes of at least 4 members (excludes halogenated alkanes) is 1. The molecule has 0 aliphatic rings. The molecule has 0 saturated carbocycles. The van der Waals surface area contributed by atoms with E-state index in [4.69, 9.17) is 4.74 Å². The molecule has 3 rings (SSSR count). The predicted octanol–water partition coefficient (Wildman–Crippen LogP) is 1.80. The van der Waals surface area contributed by atoms with Gasteiger partial charge < -0.3 is 10.1 Å². The van der Waals surface area contributed by atoms with Gasteiger partial charge in [-0.3, -0.25) is 19.5 Å². The van der Waals surface area contributed by atoms with Crippen molar-refractivity contribution in [2.24, 2.45) is 0 Å². The van der Waals surface area contributed by atoms with Crippen LogP contribution in [-0.4, -0.2) is 28.8 Å². The Bertz CT molecular complexity index is 1070. The van der Waals surface area contributed by atoms with Crippen molar-refractivity contribution < 1.29 is 13.9 Å². The minimum atomic E-state index is -0.418. The number of amides is 1. The summed E-state index contributed by atoms with van der Waals surface area (Å²) in [6, 6.07) is 12.2. The second-order valence-electron chi connectivity index (χ2n) is 6.24. The molecule has 1 amide bonds. The van der Waals surface area contributed by atoms with E-state index in [9.17, 15) is 18.8 Å². The van der Waals surface area contributed by atoms with Gasteiger partial charge in [-0.25, -0.2) is 9.07 Å². The summed E-state index contributed by atoms with van der Waals surface area (Å²) in [4.78, 5) is 36.4. The Balaban J connectivity index is 1.44. The zero-order valence-corrected chi connectivity index (χ0v) is 15.1. The van der Waals surface area contributed by atoms with Crippen LogP contribution in [0, 0.1) is 5.82 Å². The number of carbonyl (C=O) groups is 1. The lowest BCUT2D eigenvalue weighted by Gasteiger charge is -2.09. The Hall–Kier alpha value is -3.42. The summed E-state index contributed by atoms with van der Waals surface area (Å²) in [5.74, 6) is -0.0977. The summed E-state index contributed by atoms with van der Waals surface area (Å²) in [5, 5.41) is 5.70. The molecule has 0 fully saturated rings. The summed E-state index contributed by atoms with van der Waals surface area (Å²) in [6.07, 6.45) is 1.38. The number of aromatic nitrogens is 2. The molecule has 2 aromatic carbocycles. The second-order valence-corrected chi connectivity index (χ2v) is 6.24. The SMILES string of the molecule is O=C(Cn1[nH]c(=O)c2ccccc2c1=O)NCCCCOc1ccc(F)cc1. The van der Waals surface area contributed by atoms with Crippen LogP contribution >= 0.6 is 0 Å². The smallest absolute Gasteiger partial charge is 0.273 e. The number of H-pyrrole nitrogens is 1. The number of nitrogens with one attached hydrogen (secondary N) is 2. The van der Waals surface area contributed by atoms with Gasteiger partial charge in [0.25, 0.3) is 11.1 Å². The third-order valence-corrected chi connectivity index (χ3v) is 4.16. The van der Waals surface area contributed by atoms with Crippen LogP contribution in [0.1, 0.15) is 12.8 Å². The molecule has 0 radical (unpaired) electrons. The Morgan fingerprint density at radius 2 is 1.75 bits per heavy atom. The maximum atomic E-state index is 12.8. The highest BCUT2D eigenvalue weighted by molar-refractivity contribution is 5.81. The average molecular weight is 385 g/mol. The Morgan fingerprint density at radius 3 is 2.50 bits per heavy atom. The molecular weight excluding hydrogens is 365 g/mol. The molecule has 2 N–H and O–H groups in total. The molecule has 1 heterocycles. The van der Waals surface area contributed by atoms with Crippen LogP contribution in [0.5, 0.6) is 5.75 Å². The predicted molar refractivity (Wildman–Crippen MR) is 103 cm³/mol. The van der Waals surface area contributed by atoms with E-state index < -0.39 is 11.1 Å². The molecule has 0 aliphatic heterocycles. The van der Waals surface area contributed by atoms with Crippen molar-refractivity contribution in [3.63, 3.8) is 0 Å². The van der Waals surface area contributed by atoms with Crippen LogP contribution in [-0.2, 0) is 11.3 Å². The number of ether oxygens (including phenoxy) is 1. The number of hydrogen-bond acceptors (Lipinski definition) is 4. The monoisotopic (exact) mass is 385 g/mol. The van der Waals surface area contributed by atoms with Gasteiger partial charge in [-0.1, -0.05) is 12.1 Å². The average Bonchev–Trinajstić information content (AvgIpc) is 2.70. The highest BCUT2D eigenvalue weighted by Crippen LogP contribution is 2.11. The number of fused-ring (bicyclic) bond motifs is 1. The lowest BCUT2D eigenvalue weighted by atomic mass is 10.2. The largest absolute Gasteiger partial charge is 0.494 e. The molecule has 0 spiro atoms. The highest BCUT2D eigenvalue weighted by atomic mass is 19.1. The van der Waals surface area contributed by atoms with Crippen LogP contribution in [0.4, 0.5) is 4.39 Å². The second kappa shape index (κ2) is 8.98. The first kappa shape index (κ1) is 19.3. The molecule has 0 saturated heterocycles. The molecule has 3 aromatic rings. The number of carbonyl (C=O) groups excluding carboxylic acids is 1. The van der Waals surface area contributed by atoms with Gasteiger partial charge in [-0.05, 0) is 49.2 Å². The van der Waals surface area contributed by atoms with Gasteiger partial charge in [-0.2, -0.15) is 0 Å². The fraction of sp³-hybridized carbons (Fsp3) is 0.250. The van der Waals surface area contributed by atoms with Crippen molar-refractivity contribution in [1.29, 1.82) is 0 Å². The summed E-state index contributed by atoms with van der Waals surface area (Å²) in [7, 11) is 0. The molecular formula is C20H20FN3O4. The van der Waals surface area contributed by atoms with E-state index in [-0.39, 0.29) is 23.7 Å². The van der Waals surface area contributed by atoms with Crippen molar-refractivity contribution in [2.45, 2.75) is 19.4 Å². The lowest BCUT2D eigenvalue weighted by Crippen LogP contribution is -2.37. The van der Waals surface area contributed by atoms with E-state index in [2.05, 4.69) is 10.4 Å². The Morgan fingerprint density at radius 1 is 1.04 bits per heavy atom. The number of nitrogens with zero attached hydrogens (tertiary/aromatic N) is 1. The molecule has 0 aliphatic carbocycles. The van der Waals surface area contributed by atoms with Crippen molar-refractivity contribution in [2.75, 3.05) is 13.2 Å². The van der Waals surface area contributed by atoms with Crippen LogP contribution < -0.4 is 21.2 Å². The summed E-state index contributed by atoms with van der Waals surface area (Å²) < 4.78 is 19.3. The van der Waals surface area contributed by atoms with Crippen molar-refractivity contribution in [1.82, 2.24) is 15.1 Å². The quantitative estimate of drug-likeness (QED) is 0.579. The maximum Gasteiger partial charge on any atom is 0.273 e. The van der Waals surface area contributed by atoms with Gasteiger partial charge in [-0.15, -0.1) is 0 Å². The first-order valence-corrected chi connectivity index (χ1v) is 8.91. The molecule has 7 nitrogen and oxygen atoms in total. The van der Waals surface area contributed by atoms with Crippen molar-refractivity contribution in [3.8, 4) is 5.75 Å². The van der Waals surface area contributed by atoms with Crippen LogP contribution in [0.3, 0.4) is 0 Å². The molecule has 1 aromatic heterocycles. The number of halogens is 1. The molecule has 0 bridgehead atoms. The van der Waals surface area contributed by atoms with E-state index >= 15 is 0 Å². The summed E-state index contributed by atoms with van der Waals surface area (Å²) in [5.41, 5.74) is -0.834. The van der Waals surface area contributed by atoms with Gasteiger partial charge >= 0.3 is 0 Å². The number of hydrogen-bond donors (Lipinski definition) is 2. The minimum Gasteiger partial charge on any atom is -0.494 e. The van der Waals surface area contributed by atoms with E-state index in [1.165, 1.54) is 12.1 Å². The lowest BCUT2D eigenvalue weighted by molar-refractivity contribution is -0.121. The van der Waals surface area contributed by atoms with Gasteiger partial charge in [0.05, 0.1) is 17.4 Å². The standard InChI is InChI=1S/C20H20FN3O4/c21-14-7-9-15(10-8-14)28-12-4-3-11-22-18(25)13-24-20(27)17-6-2-1-5-16(17)19(26)23-24/h1-2,5-10H,3-4,11-13H2,(H,22,25)(H,23,26). The number of benzene rings is 2. The van der Waals surface area contributed by atoms with E-state index in [0.29, 0.717) is 37.1 Å². The normalized spacial score (nSPS) is 10.8. The van der Waals surface area contributed by atoms with E-state index in [0.717, 1.165) is 4.68 Å². The fourth-order valence-electron chi connectivity index (χ4n) is 2.73. The fourth-order valence-corrected chi connectivity index (χ4v) is 2.73. The zero-order chi connectivity index (χ0) is 19.9. The molecule has 8 heteroatoms. The van der Waals surface area contributed by atoms with E-state index in [1.54, 1.807) is 36.4 Å². The summed E-state index contributed by atoms with van der Waals surface area (Å²) >= 11 is 0.